The third-order valence-corrected chi connectivity index (χ3v) is 4.36. The highest BCUT2D eigenvalue weighted by atomic mass is 32.2. The molecule has 0 bridgehead atoms. The number of thioether (sulfide) groups is 1. The van der Waals surface area contributed by atoms with Crippen molar-refractivity contribution < 1.29 is 9.59 Å². The second-order valence-electron chi connectivity index (χ2n) is 4.32. The van der Waals surface area contributed by atoms with Gasteiger partial charge in [-0.2, -0.15) is 0 Å². The maximum Gasteiger partial charge on any atom is 0.281 e. The number of hydrogen-bond acceptors (Lipinski definition) is 3. The van der Waals surface area contributed by atoms with Crippen molar-refractivity contribution in [1.29, 1.82) is 0 Å². The van der Waals surface area contributed by atoms with E-state index in [1.165, 1.54) is 11.8 Å². The molecular formula is C11H17NO2S. The lowest BCUT2D eigenvalue weighted by Gasteiger charge is -2.36. The summed E-state index contributed by atoms with van der Waals surface area (Å²) in [7, 11) is 0. The summed E-state index contributed by atoms with van der Waals surface area (Å²) in [5, 5.41) is 0.174. The normalized spacial score (nSPS) is 32.5. The van der Waals surface area contributed by atoms with Gasteiger partial charge in [-0.25, -0.2) is 0 Å². The average Bonchev–Trinajstić information content (AvgIpc) is 2.64. The van der Waals surface area contributed by atoms with Crippen molar-refractivity contribution >= 4 is 22.8 Å². The fourth-order valence-corrected chi connectivity index (χ4v) is 3.44. The molecular weight excluding hydrogens is 210 g/mol. The van der Waals surface area contributed by atoms with Crippen molar-refractivity contribution in [3.05, 3.63) is 0 Å². The van der Waals surface area contributed by atoms with Crippen LogP contribution in [0.5, 0.6) is 0 Å². The largest absolute Gasteiger partial charge is 0.329 e. The minimum atomic E-state index is 0.174. The molecule has 1 aliphatic carbocycles. The quantitative estimate of drug-likeness (QED) is 0.726. The number of ketones is 1. The van der Waals surface area contributed by atoms with Crippen LogP contribution in [0.3, 0.4) is 0 Å². The molecule has 1 saturated carbocycles. The van der Waals surface area contributed by atoms with Gasteiger partial charge in [-0.05, 0) is 12.3 Å². The molecule has 2 atom stereocenters. The highest BCUT2D eigenvalue weighted by Gasteiger charge is 2.37. The molecule has 0 N–H and O–H groups in total. The highest BCUT2D eigenvalue weighted by Crippen LogP contribution is 2.33. The Bertz CT molecular complexity index is 280. The summed E-state index contributed by atoms with van der Waals surface area (Å²) in [6.45, 7) is 2.99. The monoisotopic (exact) mass is 227 g/mol. The Hall–Kier alpha value is -0.510. The van der Waals surface area contributed by atoms with Gasteiger partial charge in [0.2, 0.25) is 0 Å². The zero-order valence-corrected chi connectivity index (χ0v) is 9.89. The number of carbonyl (C=O) groups is 2. The van der Waals surface area contributed by atoms with E-state index in [1.807, 2.05) is 4.90 Å². The first-order valence-corrected chi connectivity index (χ1v) is 6.66. The van der Waals surface area contributed by atoms with E-state index in [-0.39, 0.29) is 11.3 Å². The molecule has 0 aromatic heterocycles. The van der Waals surface area contributed by atoms with Crippen LogP contribution in [0.2, 0.25) is 0 Å². The van der Waals surface area contributed by atoms with Crippen LogP contribution >= 0.6 is 11.8 Å². The van der Waals surface area contributed by atoms with Crippen molar-refractivity contribution in [3.63, 3.8) is 0 Å². The van der Waals surface area contributed by atoms with Crippen LogP contribution in [0.15, 0.2) is 0 Å². The number of hydrogen-bond donors (Lipinski definition) is 0. The molecule has 3 nitrogen and oxygen atoms in total. The molecule has 0 aromatic carbocycles. The summed E-state index contributed by atoms with van der Waals surface area (Å²) >= 11 is 1.39. The predicted octanol–water partition coefficient (Wildman–Crippen LogP) is 2.30. The standard InChI is InChI=1S/C11H17NO2S/c1-2-8-3-4-9(13)7-10(8)12-5-6-15-11(12)14/h8,10H,2-7H2,1H3. The second kappa shape index (κ2) is 4.56. The first-order chi connectivity index (χ1) is 7.22. The number of Topliss-reactive ketones (excluding diaryl/α,β-unsaturated/α-hetero) is 1. The van der Waals surface area contributed by atoms with Gasteiger partial charge in [0.05, 0.1) is 0 Å². The maximum atomic E-state index is 11.6. The Morgan fingerprint density at radius 1 is 1.47 bits per heavy atom. The Kier molecular flexibility index (Phi) is 3.34. The first-order valence-electron chi connectivity index (χ1n) is 5.67. The minimum absolute atomic E-state index is 0.174. The number of amides is 1. The van der Waals surface area contributed by atoms with Gasteiger partial charge in [0, 0.05) is 31.2 Å². The van der Waals surface area contributed by atoms with Crippen molar-refractivity contribution in [3.8, 4) is 0 Å². The summed E-state index contributed by atoms with van der Waals surface area (Å²) in [5.41, 5.74) is 0. The van der Waals surface area contributed by atoms with Crippen LogP contribution in [-0.2, 0) is 4.79 Å². The Morgan fingerprint density at radius 3 is 2.87 bits per heavy atom. The van der Waals surface area contributed by atoms with Gasteiger partial charge in [-0.15, -0.1) is 0 Å². The molecule has 0 radical (unpaired) electrons. The van der Waals surface area contributed by atoms with E-state index in [9.17, 15) is 9.59 Å². The molecule has 1 amide bonds. The van der Waals surface area contributed by atoms with E-state index in [0.29, 0.717) is 24.5 Å². The Balaban J connectivity index is 2.09. The Labute approximate surface area is 94.6 Å². The van der Waals surface area contributed by atoms with Gasteiger partial charge in [0.1, 0.15) is 5.78 Å². The van der Waals surface area contributed by atoms with Crippen LogP contribution in [0.4, 0.5) is 4.79 Å². The van der Waals surface area contributed by atoms with Gasteiger partial charge in [0.25, 0.3) is 5.24 Å². The molecule has 0 spiro atoms. The van der Waals surface area contributed by atoms with Gasteiger partial charge in [0.15, 0.2) is 0 Å². The predicted molar refractivity (Wildman–Crippen MR) is 61.0 cm³/mol. The lowest BCUT2D eigenvalue weighted by molar-refractivity contribution is -0.122. The average molecular weight is 227 g/mol. The molecule has 2 rings (SSSR count). The number of nitrogens with zero attached hydrogens (tertiary/aromatic N) is 1. The SMILES string of the molecule is CCC1CCC(=O)CC1N1CCSC1=O. The van der Waals surface area contributed by atoms with E-state index in [1.54, 1.807) is 0 Å². The molecule has 1 aliphatic heterocycles. The summed E-state index contributed by atoms with van der Waals surface area (Å²) in [6.07, 6.45) is 3.34. The number of carbonyl (C=O) groups excluding carboxylic acids is 2. The number of rotatable bonds is 2. The van der Waals surface area contributed by atoms with Crippen LogP contribution < -0.4 is 0 Å². The molecule has 0 aromatic rings. The van der Waals surface area contributed by atoms with Crippen molar-refractivity contribution in [2.75, 3.05) is 12.3 Å². The topological polar surface area (TPSA) is 37.4 Å². The fraction of sp³-hybridized carbons (Fsp3) is 0.818. The third kappa shape index (κ3) is 2.19. The van der Waals surface area contributed by atoms with Crippen molar-refractivity contribution in [2.24, 2.45) is 5.92 Å². The van der Waals surface area contributed by atoms with Gasteiger partial charge in [-0.3, -0.25) is 9.59 Å². The zero-order valence-electron chi connectivity index (χ0n) is 9.07. The van der Waals surface area contributed by atoms with Crippen molar-refractivity contribution in [1.82, 2.24) is 4.90 Å². The van der Waals surface area contributed by atoms with E-state index in [2.05, 4.69) is 6.92 Å². The summed E-state index contributed by atoms with van der Waals surface area (Å²) in [5.74, 6) is 1.75. The zero-order chi connectivity index (χ0) is 10.8. The van der Waals surface area contributed by atoms with E-state index in [0.717, 1.165) is 25.1 Å². The van der Waals surface area contributed by atoms with Gasteiger partial charge < -0.3 is 4.90 Å². The molecule has 1 saturated heterocycles. The molecule has 2 unspecified atom stereocenters. The minimum Gasteiger partial charge on any atom is -0.329 e. The van der Waals surface area contributed by atoms with Crippen LogP contribution in [0.25, 0.3) is 0 Å². The van der Waals surface area contributed by atoms with E-state index < -0.39 is 0 Å². The first kappa shape index (κ1) is 11.0. The molecule has 4 heteroatoms. The lowest BCUT2D eigenvalue weighted by atomic mass is 9.81. The highest BCUT2D eigenvalue weighted by molar-refractivity contribution is 8.13. The van der Waals surface area contributed by atoms with Gasteiger partial charge in [-0.1, -0.05) is 25.1 Å². The summed E-state index contributed by atoms with van der Waals surface area (Å²) in [4.78, 5) is 25.0. The van der Waals surface area contributed by atoms with Crippen LogP contribution in [0, 0.1) is 5.92 Å². The van der Waals surface area contributed by atoms with Crippen LogP contribution in [-0.4, -0.2) is 34.3 Å². The fourth-order valence-electron chi connectivity index (χ4n) is 2.59. The second-order valence-corrected chi connectivity index (χ2v) is 5.37. The molecule has 1 heterocycles. The summed E-state index contributed by atoms with van der Waals surface area (Å²) in [6, 6.07) is 0.193. The maximum absolute atomic E-state index is 11.6. The molecule has 15 heavy (non-hydrogen) atoms. The summed E-state index contributed by atoms with van der Waals surface area (Å²) < 4.78 is 0. The van der Waals surface area contributed by atoms with Crippen LogP contribution in [0.1, 0.15) is 32.6 Å². The molecule has 2 aliphatic rings. The molecule has 84 valence electrons. The molecule has 2 fully saturated rings. The van der Waals surface area contributed by atoms with E-state index >= 15 is 0 Å². The Morgan fingerprint density at radius 2 is 2.27 bits per heavy atom. The van der Waals surface area contributed by atoms with E-state index in [4.69, 9.17) is 0 Å². The van der Waals surface area contributed by atoms with Crippen molar-refractivity contribution in [2.45, 2.75) is 38.6 Å². The lowest BCUT2D eigenvalue weighted by Crippen LogP contribution is -2.44. The smallest absolute Gasteiger partial charge is 0.281 e. The van der Waals surface area contributed by atoms with Gasteiger partial charge >= 0.3 is 0 Å². The third-order valence-electron chi connectivity index (χ3n) is 3.49.